The molecule has 1 atom stereocenters. The first kappa shape index (κ1) is 19.6. The zero-order chi connectivity index (χ0) is 20.1. The van der Waals surface area contributed by atoms with Gasteiger partial charge in [0, 0.05) is 20.0 Å². The van der Waals surface area contributed by atoms with E-state index in [1.165, 1.54) is 11.8 Å². The topological polar surface area (TPSA) is 77.9 Å². The highest BCUT2D eigenvalue weighted by atomic mass is 16.4. The first-order chi connectivity index (χ1) is 13.5. The van der Waals surface area contributed by atoms with Crippen molar-refractivity contribution in [3.05, 3.63) is 71.3 Å². The van der Waals surface area contributed by atoms with Crippen LogP contribution >= 0.6 is 0 Å². The molecule has 2 aromatic rings. The fourth-order valence-corrected chi connectivity index (χ4v) is 3.74. The summed E-state index contributed by atoms with van der Waals surface area (Å²) in [5.74, 6) is -1.42. The molecule has 6 nitrogen and oxygen atoms in total. The molecule has 2 aromatic carbocycles. The molecule has 0 radical (unpaired) electrons. The van der Waals surface area contributed by atoms with E-state index >= 15 is 0 Å². The maximum Gasteiger partial charge on any atom is 0.323 e. The van der Waals surface area contributed by atoms with Gasteiger partial charge in [-0.05, 0) is 23.1 Å². The van der Waals surface area contributed by atoms with Gasteiger partial charge in [-0.25, -0.2) is 0 Å². The number of fused-ring (bicyclic) bond motifs is 1. The Hall–Kier alpha value is -3.15. The minimum absolute atomic E-state index is 0.0662. The zero-order valence-corrected chi connectivity index (χ0v) is 15.9. The summed E-state index contributed by atoms with van der Waals surface area (Å²) in [4.78, 5) is 39.6. The predicted octanol–water partition coefficient (Wildman–Crippen LogP) is 2.64. The van der Waals surface area contributed by atoms with Gasteiger partial charge >= 0.3 is 5.97 Å². The molecule has 6 heteroatoms. The van der Waals surface area contributed by atoms with E-state index in [2.05, 4.69) is 0 Å². The number of rotatable bonds is 6. The van der Waals surface area contributed by atoms with Gasteiger partial charge in [0.25, 0.3) is 0 Å². The standard InChI is InChI=1S/C22H24N2O4/c1-16(25)24-12-11-18-9-5-6-10-19(18)20(24)13-21(26)23(15-22(27)28)14-17-7-3-2-4-8-17/h2-10,20H,11-15H2,1H3,(H,27,28). The van der Waals surface area contributed by atoms with E-state index in [4.69, 9.17) is 0 Å². The van der Waals surface area contributed by atoms with Gasteiger partial charge in [-0.15, -0.1) is 0 Å². The smallest absolute Gasteiger partial charge is 0.323 e. The second-order valence-corrected chi connectivity index (χ2v) is 7.01. The second kappa shape index (κ2) is 8.69. The van der Waals surface area contributed by atoms with Crippen LogP contribution in [0.3, 0.4) is 0 Å². The molecule has 1 N–H and O–H groups in total. The number of carbonyl (C=O) groups excluding carboxylic acids is 2. The summed E-state index contributed by atoms with van der Waals surface area (Å²) in [5.41, 5.74) is 2.96. The Labute approximate surface area is 164 Å². The second-order valence-electron chi connectivity index (χ2n) is 7.01. The van der Waals surface area contributed by atoms with Gasteiger partial charge in [-0.1, -0.05) is 54.6 Å². The average molecular weight is 380 g/mol. The van der Waals surface area contributed by atoms with Crippen LogP contribution in [0.15, 0.2) is 54.6 Å². The van der Waals surface area contributed by atoms with Crippen molar-refractivity contribution < 1.29 is 19.5 Å². The van der Waals surface area contributed by atoms with Crippen molar-refractivity contribution in [2.75, 3.05) is 13.1 Å². The highest BCUT2D eigenvalue weighted by molar-refractivity contribution is 5.83. The highest BCUT2D eigenvalue weighted by Crippen LogP contribution is 2.33. The Bertz CT molecular complexity index is 866. The number of carboxylic acids is 1. The van der Waals surface area contributed by atoms with Gasteiger partial charge in [0.2, 0.25) is 11.8 Å². The van der Waals surface area contributed by atoms with Crippen molar-refractivity contribution in [2.24, 2.45) is 0 Å². The fraction of sp³-hybridized carbons (Fsp3) is 0.318. The van der Waals surface area contributed by atoms with Gasteiger partial charge in [0.1, 0.15) is 6.54 Å². The Morgan fingerprint density at radius 2 is 1.75 bits per heavy atom. The lowest BCUT2D eigenvalue weighted by Crippen LogP contribution is -2.43. The number of hydrogen-bond donors (Lipinski definition) is 1. The van der Waals surface area contributed by atoms with Gasteiger partial charge < -0.3 is 14.9 Å². The third kappa shape index (κ3) is 4.57. The molecule has 1 aliphatic rings. The lowest BCUT2D eigenvalue weighted by Gasteiger charge is -2.37. The summed E-state index contributed by atoms with van der Waals surface area (Å²) in [6.07, 6.45) is 0.819. The third-order valence-corrected chi connectivity index (χ3v) is 5.08. The molecule has 1 aliphatic heterocycles. The molecular weight excluding hydrogens is 356 g/mol. The molecule has 0 fully saturated rings. The van der Waals surface area contributed by atoms with Gasteiger partial charge in [0.05, 0.1) is 12.5 Å². The monoisotopic (exact) mass is 380 g/mol. The normalized spacial score (nSPS) is 15.6. The van der Waals surface area contributed by atoms with E-state index in [-0.39, 0.29) is 37.4 Å². The summed E-state index contributed by atoms with van der Waals surface area (Å²) in [6.45, 7) is 1.91. The van der Waals surface area contributed by atoms with Crippen LogP contribution in [0.4, 0.5) is 0 Å². The maximum absolute atomic E-state index is 13.1. The van der Waals surface area contributed by atoms with E-state index in [1.807, 2.05) is 54.6 Å². The van der Waals surface area contributed by atoms with Gasteiger partial charge in [-0.2, -0.15) is 0 Å². The number of aliphatic carboxylic acids is 1. The Morgan fingerprint density at radius 3 is 2.43 bits per heavy atom. The molecule has 0 saturated heterocycles. The lowest BCUT2D eigenvalue weighted by atomic mass is 9.90. The molecule has 0 aromatic heterocycles. The quantitative estimate of drug-likeness (QED) is 0.836. The summed E-state index contributed by atoms with van der Waals surface area (Å²) in [6, 6.07) is 16.7. The number of amides is 2. The SMILES string of the molecule is CC(=O)N1CCc2ccccc2C1CC(=O)N(CC(=O)O)Cc1ccccc1. The Balaban J connectivity index is 1.84. The number of benzene rings is 2. The molecule has 146 valence electrons. The lowest BCUT2D eigenvalue weighted by molar-refractivity contribution is -0.146. The largest absolute Gasteiger partial charge is 0.480 e. The van der Waals surface area contributed by atoms with Crippen LogP contribution in [0.1, 0.15) is 36.1 Å². The van der Waals surface area contributed by atoms with Crippen molar-refractivity contribution >= 4 is 17.8 Å². The van der Waals surface area contributed by atoms with Crippen LogP contribution in [-0.2, 0) is 27.3 Å². The molecule has 28 heavy (non-hydrogen) atoms. The van der Waals surface area contributed by atoms with Crippen molar-refractivity contribution in [1.82, 2.24) is 9.80 Å². The predicted molar refractivity (Wildman–Crippen MR) is 104 cm³/mol. The minimum Gasteiger partial charge on any atom is -0.480 e. The average Bonchev–Trinajstić information content (AvgIpc) is 2.68. The zero-order valence-electron chi connectivity index (χ0n) is 15.9. The summed E-state index contributed by atoms with van der Waals surface area (Å²) in [7, 11) is 0. The van der Waals surface area contributed by atoms with E-state index in [9.17, 15) is 19.5 Å². The number of carboxylic acid groups (broad SMARTS) is 1. The Morgan fingerprint density at radius 1 is 1.07 bits per heavy atom. The molecule has 0 bridgehead atoms. The molecule has 0 spiro atoms. The van der Waals surface area contributed by atoms with E-state index < -0.39 is 5.97 Å². The first-order valence-corrected chi connectivity index (χ1v) is 9.34. The van der Waals surface area contributed by atoms with E-state index in [0.29, 0.717) is 6.54 Å². The molecule has 1 unspecified atom stereocenters. The van der Waals surface area contributed by atoms with Gasteiger partial charge in [0.15, 0.2) is 0 Å². The van der Waals surface area contributed by atoms with Crippen LogP contribution in [-0.4, -0.2) is 45.8 Å². The van der Waals surface area contributed by atoms with Crippen LogP contribution in [0, 0.1) is 0 Å². The Kier molecular flexibility index (Phi) is 6.09. The first-order valence-electron chi connectivity index (χ1n) is 9.34. The van der Waals surface area contributed by atoms with Crippen molar-refractivity contribution in [2.45, 2.75) is 32.4 Å². The minimum atomic E-state index is -1.06. The van der Waals surface area contributed by atoms with E-state index in [1.54, 1.807) is 4.90 Å². The fourth-order valence-electron chi connectivity index (χ4n) is 3.74. The van der Waals surface area contributed by atoms with Crippen molar-refractivity contribution in [1.29, 1.82) is 0 Å². The molecule has 3 rings (SSSR count). The molecule has 0 saturated carbocycles. The summed E-state index contributed by atoms with van der Waals surface area (Å²) < 4.78 is 0. The maximum atomic E-state index is 13.1. The number of nitrogens with zero attached hydrogens (tertiary/aromatic N) is 2. The van der Waals surface area contributed by atoms with Crippen molar-refractivity contribution in [3.8, 4) is 0 Å². The molecule has 1 heterocycles. The van der Waals surface area contributed by atoms with Crippen LogP contribution in [0.5, 0.6) is 0 Å². The van der Waals surface area contributed by atoms with Crippen molar-refractivity contribution in [3.63, 3.8) is 0 Å². The third-order valence-electron chi connectivity index (χ3n) is 5.08. The highest BCUT2D eigenvalue weighted by Gasteiger charge is 2.32. The number of hydrogen-bond acceptors (Lipinski definition) is 3. The number of carbonyl (C=O) groups is 3. The van der Waals surface area contributed by atoms with Crippen LogP contribution in [0.25, 0.3) is 0 Å². The molecular formula is C22H24N2O4. The van der Waals surface area contributed by atoms with Gasteiger partial charge in [-0.3, -0.25) is 14.4 Å². The van der Waals surface area contributed by atoms with Crippen LogP contribution < -0.4 is 0 Å². The van der Waals surface area contributed by atoms with E-state index in [0.717, 1.165) is 23.1 Å². The summed E-state index contributed by atoms with van der Waals surface area (Å²) >= 11 is 0. The summed E-state index contributed by atoms with van der Waals surface area (Å²) in [5, 5.41) is 9.26. The molecule has 0 aliphatic carbocycles. The molecule has 2 amide bonds. The van der Waals surface area contributed by atoms with Crippen LogP contribution in [0.2, 0.25) is 0 Å².